The molecule has 8 heteroatoms. The van der Waals surface area contributed by atoms with Crippen molar-refractivity contribution in [2.75, 3.05) is 38.0 Å². The number of rotatable bonds is 4. The van der Waals surface area contributed by atoms with E-state index in [4.69, 9.17) is 23.2 Å². The number of anilines is 1. The van der Waals surface area contributed by atoms with Crippen molar-refractivity contribution in [1.29, 1.82) is 0 Å². The van der Waals surface area contributed by atoms with Gasteiger partial charge in [-0.3, -0.25) is 14.5 Å². The lowest BCUT2D eigenvalue weighted by atomic mass is 10.2. The monoisotopic (exact) mass is 409 g/mol. The summed E-state index contributed by atoms with van der Waals surface area (Å²) in [4.78, 5) is 28.4. The van der Waals surface area contributed by atoms with Crippen molar-refractivity contribution in [2.45, 2.75) is 0 Å². The van der Waals surface area contributed by atoms with Crippen molar-refractivity contribution in [3.05, 3.63) is 63.9 Å². The predicted molar refractivity (Wildman–Crippen MR) is 104 cm³/mol. The van der Waals surface area contributed by atoms with Crippen LogP contribution < -0.4 is 5.32 Å². The number of hydrogen-bond acceptors (Lipinski definition) is 3. The minimum absolute atomic E-state index is 0.107. The predicted octanol–water partition coefficient (Wildman–Crippen LogP) is 3.53. The molecule has 0 aromatic heterocycles. The van der Waals surface area contributed by atoms with Crippen LogP contribution in [0.25, 0.3) is 0 Å². The standard InChI is InChI=1S/C19H18Cl2FN3O2/c20-16-6-1-13(11-17(16)21)19(27)25-9-7-24(8-10-25)12-18(26)23-15-4-2-14(22)3-5-15/h1-6,11H,7-10,12H2,(H,23,26). The fourth-order valence-electron chi connectivity index (χ4n) is 2.86. The van der Waals surface area contributed by atoms with Gasteiger partial charge in [-0.15, -0.1) is 0 Å². The summed E-state index contributed by atoms with van der Waals surface area (Å²) in [6.45, 7) is 2.42. The largest absolute Gasteiger partial charge is 0.336 e. The Morgan fingerprint density at radius 2 is 1.63 bits per heavy atom. The molecule has 3 rings (SSSR count). The van der Waals surface area contributed by atoms with Gasteiger partial charge in [0.25, 0.3) is 5.91 Å². The number of nitrogens with zero attached hydrogens (tertiary/aromatic N) is 2. The quantitative estimate of drug-likeness (QED) is 0.839. The molecule has 1 aliphatic rings. The van der Waals surface area contributed by atoms with E-state index in [0.29, 0.717) is 47.5 Å². The molecule has 0 unspecified atom stereocenters. The van der Waals surface area contributed by atoms with Crippen LogP contribution in [-0.4, -0.2) is 54.3 Å². The van der Waals surface area contributed by atoms with Crippen molar-refractivity contribution in [2.24, 2.45) is 0 Å². The van der Waals surface area contributed by atoms with Gasteiger partial charge < -0.3 is 10.2 Å². The Hall–Kier alpha value is -2.15. The summed E-state index contributed by atoms with van der Waals surface area (Å²) in [5.41, 5.74) is 1.04. The van der Waals surface area contributed by atoms with E-state index in [-0.39, 0.29) is 24.2 Å². The second-order valence-electron chi connectivity index (χ2n) is 6.25. The molecule has 2 amide bonds. The van der Waals surface area contributed by atoms with Gasteiger partial charge in [0, 0.05) is 37.4 Å². The van der Waals surface area contributed by atoms with Gasteiger partial charge in [-0.2, -0.15) is 0 Å². The number of benzene rings is 2. The van der Waals surface area contributed by atoms with Crippen molar-refractivity contribution in [3.8, 4) is 0 Å². The van der Waals surface area contributed by atoms with Crippen LogP contribution in [0.5, 0.6) is 0 Å². The van der Waals surface area contributed by atoms with E-state index in [2.05, 4.69) is 5.32 Å². The van der Waals surface area contributed by atoms with Crippen LogP contribution in [0.15, 0.2) is 42.5 Å². The number of halogens is 3. The highest BCUT2D eigenvalue weighted by atomic mass is 35.5. The highest BCUT2D eigenvalue weighted by Crippen LogP contribution is 2.23. The average molecular weight is 410 g/mol. The second kappa shape index (κ2) is 8.69. The minimum atomic E-state index is -0.351. The van der Waals surface area contributed by atoms with E-state index in [1.54, 1.807) is 23.1 Å². The van der Waals surface area contributed by atoms with Crippen LogP contribution in [0.3, 0.4) is 0 Å². The molecule has 0 aliphatic carbocycles. The lowest BCUT2D eigenvalue weighted by Crippen LogP contribution is -2.50. The normalized spacial score (nSPS) is 14.9. The fourth-order valence-corrected chi connectivity index (χ4v) is 3.16. The molecule has 5 nitrogen and oxygen atoms in total. The first-order valence-corrected chi connectivity index (χ1v) is 9.20. The van der Waals surface area contributed by atoms with Crippen LogP contribution in [0.2, 0.25) is 10.0 Å². The van der Waals surface area contributed by atoms with Crippen molar-refractivity contribution in [1.82, 2.24) is 9.80 Å². The third-order valence-electron chi connectivity index (χ3n) is 4.32. The Balaban J connectivity index is 1.49. The zero-order valence-electron chi connectivity index (χ0n) is 14.4. The molecule has 2 aromatic rings. The second-order valence-corrected chi connectivity index (χ2v) is 7.07. The topological polar surface area (TPSA) is 52.7 Å². The van der Waals surface area contributed by atoms with Crippen molar-refractivity contribution < 1.29 is 14.0 Å². The number of piperazine rings is 1. The van der Waals surface area contributed by atoms with Gasteiger partial charge in [0.05, 0.1) is 16.6 Å². The van der Waals surface area contributed by atoms with Crippen LogP contribution in [0.4, 0.5) is 10.1 Å². The zero-order chi connectivity index (χ0) is 19.4. The van der Waals surface area contributed by atoms with E-state index in [9.17, 15) is 14.0 Å². The van der Waals surface area contributed by atoms with E-state index in [0.717, 1.165) is 0 Å². The summed E-state index contributed by atoms with van der Waals surface area (Å²) >= 11 is 11.9. The maximum absolute atomic E-state index is 12.9. The van der Waals surface area contributed by atoms with E-state index in [1.807, 2.05) is 4.90 Å². The maximum atomic E-state index is 12.9. The summed E-state index contributed by atoms with van der Waals surface area (Å²) in [6, 6.07) is 10.4. The number of amides is 2. The third kappa shape index (κ3) is 5.19. The highest BCUT2D eigenvalue weighted by molar-refractivity contribution is 6.42. The molecular weight excluding hydrogens is 392 g/mol. The summed E-state index contributed by atoms with van der Waals surface area (Å²) in [7, 11) is 0. The zero-order valence-corrected chi connectivity index (χ0v) is 15.9. The number of hydrogen-bond donors (Lipinski definition) is 1. The number of carbonyl (C=O) groups is 2. The average Bonchev–Trinajstić information content (AvgIpc) is 2.66. The van der Waals surface area contributed by atoms with Crippen LogP contribution >= 0.6 is 23.2 Å². The molecule has 0 spiro atoms. The van der Waals surface area contributed by atoms with E-state index in [1.165, 1.54) is 24.3 Å². The molecule has 1 N–H and O–H groups in total. The molecule has 0 bridgehead atoms. The van der Waals surface area contributed by atoms with Crippen LogP contribution in [0, 0.1) is 5.82 Å². The number of carbonyl (C=O) groups excluding carboxylic acids is 2. The van der Waals surface area contributed by atoms with Gasteiger partial charge >= 0.3 is 0 Å². The first-order valence-electron chi connectivity index (χ1n) is 8.44. The number of nitrogens with one attached hydrogen (secondary N) is 1. The van der Waals surface area contributed by atoms with E-state index >= 15 is 0 Å². The lowest BCUT2D eigenvalue weighted by molar-refractivity contribution is -0.117. The Labute approximate surface area is 166 Å². The van der Waals surface area contributed by atoms with Gasteiger partial charge in [0.1, 0.15) is 5.82 Å². The summed E-state index contributed by atoms with van der Waals surface area (Å²) in [6.07, 6.45) is 0. The van der Waals surface area contributed by atoms with Gasteiger partial charge in [0.2, 0.25) is 5.91 Å². The summed E-state index contributed by atoms with van der Waals surface area (Å²) in [5, 5.41) is 3.49. The Kier molecular flexibility index (Phi) is 6.31. The van der Waals surface area contributed by atoms with Gasteiger partial charge in [-0.05, 0) is 42.5 Å². The molecule has 0 radical (unpaired) electrons. The molecule has 2 aromatic carbocycles. The maximum Gasteiger partial charge on any atom is 0.253 e. The van der Waals surface area contributed by atoms with Crippen molar-refractivity contribution >= 4 is 40.7 Å². The highest BCUT2D eigenvalue weighted by Gasteiger charge is 2.23. The summed E-state index contributed by atoms with van der Waals surface area (Å²) < 4.78 is 12.9. The lowest BCUT2D eigenvalue weighted by Gasteiger charge is -2.34. The first-order chi connectivity index (χ1) is 12.9. The fraction of sp³-hybridized carbons (Fsp3) is 0.263. The van der Waals surface area contributed by atoms with E-state index < -0.39 is 0 Å². The van der Waals surface area contributed by atoms with Crippen LogP contribution in [-0.2, 0) is 4.79 Å². The van der Waals surface area contributed by atoms with Crippen molar-refractivity contribution in [3.63, 3.8) is 0 Å². The Bertz CT molecular complexity index is 837. The SMILES string of the molecule is O=C(CN1CCN(C(=O)c2ccc(Cl)c(Cl)c2)CC1)Nc1ccc(F)cc1. The molecule has 142 valence electrons. The minimum Gasteiger partial charge on any atom is -0.336 e. The Morgan fingerprint density at radius 3 is 2.26 bits per heavy atom. The van der Waals surface area contributed by atoms with Gasteiger partial charge in [-0.1, -0.05) is 23.2 Å². The Morgan fingerprint density at radius 1 is 0.963 bits per heavy atom. The molecule has 1 fully saturated rings. The van der Waals surface area contributed by atoms with Gasteiger partial charge in [0.15, 0.2) is 0 Å². The molecule has 1 saturated heterocycles. The molecular formula is C19H18Cl2FN3O2. The molecule has 0 saturated carbocycles. The molecule has 27 heavy (non-hydrogen) atoms. The molecule has 0 atom stereocenters. The third-order valence-corrected chi connectivity index (χ3v) is 5.06. The summed E-state index contributed by atoms with van der Waals surface area (Å²) in [5.74, 6) is -0.634. The van der Waals surface area contributed by atoms with Crippen LogP contribution in [0.1, 0.15) is 10.4 Å². The first kappa shape index (κ1) is 19.6. The molecule has 1 heterocycles. The smallest absolute Gasteiger partial charge is 0.253 e. The molecule has 1 aliphatic heterocycles. The van der Waals surface area contributed by atoms with Gasteiger partial charge in [-0.25, -0.2) is 4.39 Å².